The van der Waals surface area contributed by atoms with Crippen LogP contribution in [0.1, 0.15) is 52.0 Å². The maximum Gasteiger partial charge on any atom is 0.259 e. The summed E-state index contributed by atoms with van der Waals surface area (Å²) < 4.78 is 6.03. The van der Waals surface area contributed by atoms with Gasteiger partial charge in [-0.15, -0.1) is 0 Å². The van der Waals surface area contributed by atoms with E-state index in [-0.39, 0.29) is 17.7 Å². The van der Waals surface area contributed by atoms with Crippen LogP contribution >= 0.6 is 0 Å². The second-order valence-electron chi connectivity index (χ2n) is 12.0. The van der Waals surface area contributed by atoms with Gasteiger partial charge in [-0.1, -0.05) is 48.0 Å². The lowest BCUT2D eigenvalue weighted by Crippen LogP contribution is -2.47. The van der Waals surface area contributed by atoms with Crippen LogP contribution in [0.5, 0.6) is 5.75 Å². The molecule has 1 saturated heterocycles. The molecule has 0 radical (unpaired) electrons. The van der Waals surface area contributed by atoms with Crippen molar-refractivity contribution in [1.29, 1.82) is 0 Å². The fourth-order valence-corrected chi connectivity index (χ4v) is 5.55. The number of likely N-dealkylation sites (N-methyl/N-ethyl adjacent to an activating group) is 1. The number of carbonyl (C=O) groups is 3. The number of aromatic nitrogens is 1. The van der Waals surface area contributed by atoms with E-state index in [1.807, 2.05) is 54.3 Å². The van der Waals surface area contributed by atoms with E-state index in [1.165, 1.54) is 4.90 Å². The third-order valence-corrected chi connectivity index (χ3v) is 8.45. The van der Waals surface area contributed by atoms with Gasteiger partial charge in [0.2, 0.25) is 5.91 Å². The molecule has 3 aromatic carbocycles. The van der Waals surface area contributed by atoms with Crippen molar-refractivity contribution in [2.75, 3.05) is 57.1 Å². The van der Waals surface area contributed by atoms with E-state index < -0.39 is 0 Å². The first-order valence-corrected chi connectivity index (χ1v) is 16.2. The van der Waals surface area contributed by atoms with E-state index in [1.54, 1.807) is 55.7 Å². The summed E-state index contributed by atoms with van der Waals surface area (Å²) in [6.45, 7) is 5.96. The molecule has 1 N–H and O–H groups in total. The zero-order chi connectivity index (χ0) is 33.2. The Morgan fingerprint density at radius 3 is 2.32 bits per heavy atom. The van der Waals surface area contributed by atoms with Gasteiger partial charge >= 0.3 is 0 Å². The largest absolute Gasteiger partial charge is 0.490 e. The van der Waals surface area contributed by atoms with Crippen LogP contribution in [0.2, 0.25) is 0 Å². The van der Waals surface area contributed by atoms with Crippen molar-refractivity contribution >= 4 is 29.2 Å². The number of piperazine rings is 1. The second-order valence-corrected chi connectivity index (χ2v) is 12.0. The number of benzene rings is 3. The summed E-state index contributed by atoms with van der Waals surface area (Å²) in [5, 5.41) is 2.96. The molecule has 0 aliphatic carbocycles. The standard InChI is InChI=1S/C38H43N5O4/c1-28-14-16-29(17-15-28)32-10-6-7-11-33(32)37(45)40-31-20-18-30(19-21-31)38(46)42(3)36-34(12-9-22-39-36)47-27-8-4-5-13-35(44)43-25-23-41(2)24-26-43/h6-7,9-12,14-22H,4-5,8,13,23-27H2,1-3H3,(H,40,45). The minimum atomic E-state index is -0.251. The molecule has 0 unspecified atom stereocenters. The molecule has 4 aromatic rings. The lowest BCUT2D eigenvalue weighted by Gasteiger charge is -2.32. The van der Waals surface area contributed by atoms with Gasteiger partial charge in [-0.05, 0) is 86.8 Å². The molecule has 0 saturated carbocycles. The fraction of sp³-hybridized carbons (Fsp3) is 0.316. The Bertz CT molecular complexity index is 1660. The van der Waals surface area contributed by atoms with Crippen LogP contribution < -0.4 is 15.0 Å². The molecule has 9 heteroatoms. The predicted octanol–water partition coefficient (Wildman–Crippen LogP) is 6.30. The number of aryl methyl sites for hydroxylation is 1. The summed E-state index contributed by atoms with van der Waals surface area (Å²) in [5.41, 5.74) is 4.57. The van der Waals surface area contributed by atoms with Crippen LogP contribution in [0.4, 0.5) is 11.5 Å². The molecule has 1 aliphatic rings. The average molecular weight is 634 g/mol. The minimum absolute atomic E-state index is 0.228. The molecular formula is C38H43N5O4. The second kappa shape index (κ2) is 16.0. The van der Waals surface area contributed by atoms with E-state index in [4.69, 9.17) is 4.74 Å². The van der Waals surface area contributed by atoms with Crippen molar-refractivity contribution in [3.8, 4) is 16.9 Å². The average Bonchev–Trinajstić information content (AvgIpc) is 3.10. The molecule has 0 bridgehead atoms. The summed E-state index contributed by atoms with van der Waals surface area (Å²) >= 11 is 0. The molecule has 9 nitrogen and oxygen atoms in total. The van der Waals surface area contributed by atoms with Gasteiger partial charge in [-0.2, -0.15) is 0 Å². The van der Waals surface area contributed by atoms with E-state index in [0.29, 0.717) is 41.4 Å². The van der Waals surface area contributed by atoms with Crippen molar-refractivity contribution in [3.05, 3.63) is 108 Å². The SMILES string of the molecule is Cc1ccc(-c2ccccc2C(=O)Nc2ccc(C(=O)N(C)c3ncccc3OCCCCCC(=O)N3CCN(C)CC3)cc2)cc1. The third-order valence-electron chi connectivity index (χ3n) is 8.45. The highest BCUT2D eigenvalue weighted by atomic mass is 16.5. The zero-order valence-corrected chi connectivity index (χ0v) is 27.4. The van der Waals surface area contributed by atoms with Crippen LogP contribution in [-0.4, -0.2) is 79.4 Å². The molecule has 5 rings (SSSR count). The van der Waals surface area contributed by atoms with Gasteiger partial charge in [0.25, 0.3) is 11.8 Å². The molecular weight excluding hydrogens is 590 g/mol. The summed E-state index contributed by atoms with van der Waals surface area (Å²) in [6.07, 6.45) is 4.68. The van der Waals surface area contributed by atoms with Crippen molar-refractivity contribution < 1.29 is 19.1 Å². The number of nitrogens with one attached hydrogen (secondary N) is 1. The topological polar surface area (TPSA) is 95.1 Å². The first-order valence-electron chi connectivity index (χ1n) is 16.2. The molecule has 1 fully saturated rings. The van der Waals surface area contributed by atoms with E-state index in [9.17, 15) is 14.4 Å². The predicted molar refractivity (Wildman–Crippen MR) is 186 cm³/mol. The van der Waals surface area contributed by atoms with Crippen LogP contribution in [0.3, 0.4) is 0 Å². The van der Waals surface area contributed by atoms with E-state index >= 15 is 0 Å². The molecule has 2 heterocycles. The van der Waals surface area contributed by atoms with Gasteiger partial charge in [0.1, 0.15) is 0 Å². The van der Waals surface area contributed by atoms with Crippen LogP contribution in [0.25, 0.3) is 11.1 Å². The highest BCUT2D eigenvalue weighted by Gasteiger charge is 2.20. The summed E-state index contributed by atoms with van der Waals surface area (Å²) in [4.78, 5) is 49.2. The third kappa shape index (κ3) is 8.83. The van der Waals surface area contributed by atoms with Gasteiger partial charge in [-0.25, -0.2) is 4.98 Å². The van der Waals surface area contributed by atoms with E-state index in [0.717, 1.165) is 62.1 Å². The first kappa shape index (κ1) is 33.3. The number of hydrogen-bond acceptors (Lipinski definition) is 6. The van der Waals surface area contributed by atoms with Gasteiger partial charge in [0.05, 0.1) is 6.61 Å². The number of rotatable bonds is 12. The fourth-order valence-electron chi connectivity index (χ4n) is 5.55. The van der Waals surface area contributed by atoms with Gasteiger partial charge < -0.3 is 19.9 Å². The molecule has 3 amide bonds. The number of pyridine rings is 1. The lowest BCUT2D eigenvalue weighted by molar-refractivity contribution is -0.132. The van der Waals surface area contributed by atoms with Crippen molar-refractivity contribution in [2.45, 2.75) is 32.6 Å². The summed E-state index contributed by atoms with van der Waals surface area (Å²) in [7, 11) is 3.75. The number of carbonyl (C=O) groups excluding carboxylic acids is 3. The molecule has 244 valence electrons. The van der Waals surface area contributed by atoms with Crippen molar-refractivity contribution in [2.24, 2.45) is 0 Å². The van der Waals surface area contributed by atoms with Crippen molar-refractivity contribution in [3.63, 3.8) is 0 Å². The smallest absolute Gasteiger partial charge is 0.259 e. The zero-order valence-electron chi connectivity index (χ0n) is 27.4. The lowest BCUT2D eigenvalue weighted by atomic mass is 9.98. The number of unbranched alkanes of at least 4 members (excludes halogenated alkanes) is 2. The summed E-state index contributed by atoms with van der Waals surface area (Å²) in [6, 6.07) is 26.0. The Balaban J connectivity index is 1.13. The van der Waals surface area contributed by atoms with Crippen LogP contribution in [0.15, 0.2) is 91.1 Å². The first-order chi connectivity index (χ1) is 22.8. The maximum atomic E-state index is 13.4. The Morgan fingerprint density at radius 2 is 1.57 bits per heavy atom. The quantitative estimate of drug-likeness (QED) is 0.184. The molecule has 1 aromatic heterocycles. The normalized spacial score (nSPS) is 13.2. The van der Waals surface area contributed by atoms with E-state index in [2.05, 4.69) is 22.2 Å². The number of hydrogen-bond donors (Lipinski definition) is 1. The molecule has 47 heavy (non-hydrogen) atoms. The number of nitrogens with zero attached hydrogens (tertiary/aromatic N) is 4. The number of anilines is 2. The number of ether oxygens (including phenoxy) is 1. The van der Waals surface area contributed by atoms with Gasteiger partial charge in [-0.3, -0.25) is 19.3 Å². The molecule has 0 atom stereocenters. The Morgan fingerprint density at radius 1 is 0.851 bits per heavy atom. The Hall–Kier alpha value is -5.02. The Kier molecular flexibility index (Phi) is 11.4. The highest BCUT2D eigenvalue weighted by molar-refractivity contribution is 6.09. The number of amides is 3. The highest BCUT2D eigenvalue weighted by Crippen LogP contribution is 2.27. The van der Waals surface area contributed by atoms with Crippen molar-refractivity contribution in [1.82, 2.24) is 14.8 Å². The monoisotopic (exact) mass is 633 g/mol. The maximum absolute atomic E-state index is 13.4. The van der Waals surface area contributed by atoms with Gasteiger partial charge in [0.15, 0.2) is 11.6 Å². The van der Waals surface area contributed by atoms with Crippen LogP contribution in [0, 0.1) is 6.92 Å². The minimum Gasteiger partial charge on any atom is -0.490 e. The van der Waals surface area contributed by atoms with Gasteiger partial charge in [0, 0.05) is 62.7 Å². The Labute approximate surface area is 277 Å². The molecule has 0 spiro atoms. The van der Waals surface area contributed by atoms with Crippen LogP contribution in [-0.2, 0) is 4.79 Å². The summed E-state index contributed by atoms with van der Waals surface area (Å²) in [5.74, 6) is 0.696. The molecule has 1 aliphatic heterocycles.